The summed E-state index contributed by atoms with van der Waals surface area (Å²) in [6.45, 7) is 5.81. The number of hydrogen-bond donors (Lipinski definition) is 1. The molecule has 0 aliphatic rings. The molecule has 2 rings (SSSR count). The molecule has 1 heterocycles. The van der Waals surface area contributed by atoms with Crippen LogP contribution < -0.4 is 5.73 Å². The number of benzene rings is 1. The normalized spacial score (nSPS) is 11.3. The molecule has 0 unspecified atom stereocenters. The average molecular weight is 218 g/mol. The third kappa shape index (κ3) is 1.73. The van der Waals surface area contributed by atoms with Gasteiger partial charge in [-0.05, 0) is 30.5 Å². The number of nitrogen functional groups attached to an aromatic ring is 1. The third-order valence-corrected chi connectivity index (χ3v) is 2.73. The Hall–Kier alpha value is -1.64. The monoisotopic (exact) mass is 218 g/mol. The molecule has 1 aromatic carbocycles. The van der Waals surface area contributed by atoms with Gasteiger partial charge in [0.05, 0.1) is 5.52 Å². The Labute approximate surface area is 94.3 Å². The van der Waals surface area contributed by atoms with Gasteiger partial charge in [-0.1, -0.05) is 13.8 Å². The van der Waals surface area contributed by atoms with Crippen molar-refractivity contribution in [3.05, 3.63) is 35.3 Å². The van der Waals surface area contributed by atoms with Crippen LogP contribution in [0.3, 0.4) is 0 Å². The minimum Gasteiger partial charge on any atom is -0.398 e. The van der Waals surface area contributed by atoms with Crippen LogP contribution in [0.1, 0.15) is 31.0 Å². The number of nitrogens with zero attached hydrogens (tertiary/aromatic N) is 1. The van der Waals surface area contributed by atoms with Gasteiger partial charge in [-0.25, -0.2) is 4.39 Å². The van der Waals surface area contributed by atoms with Crippen LogP contribution in [0.2, 0.25) is 0 Å². The lowest BCUT2D eigenvalue weighted by Gasteiger charge is -2.09. The number of aromatic nitrogens is 1. The Balaban J connectivity index is 2.77. The van der Waals surface area contributed by atoms with Crippen LogP contribution in [0, 0.1) is 12.7 Å². The van der Waals surface area contributed by atoms with Crippen LogP contribution in [-0.2, 0) is 0 Å². The molecule has 1 aromatic heterocycles. The molecule has 0 aliphatic carbocycles. The molecule has 0 saturated heterocycles. The van der Waals surface area contributed by atoms with Crippen LogP contribution in [0.5, 0.6) is 0 Å². The molecule has 2 N–H and O–H groups in total. The molecule has 3 heteroatoms. The summed E-state index contributed by atoms with van der Waals surface area (Å²) >= 11 is 0. The van der Waals surface area contributed by atoms with E-state index in [1.165, 1.54) is 6.07 Å². The second kappa shape index (κ2) is 3.74. The quantitative estimate of drug-likeness (QED) is 0.796. The fourth-order valence-corrected chi connectivity index (χ4v) is 1.70. The van der Waals surface area contributed by atoms with E-state index in [0.717, 1.165) is 11.1 Å². The molecule has 0 amide bonds. The van der Waals surface area contributed by atoms with Gasteiger partial charge in [0.25, 0.3) is 0 Å². The van der Waals surface area contributed by atoms with Crippen molar-refractivity contribution in [1.29, 1.82) is 0 Å². The predicted molar refractivity (Wildman–Crippen MR) is 64.9 cm³/mol. The highest BCUT2D eigenvalue weighted by atomic mass is 19.1. The highest BCUT2D eigenvalue weighted by Crippen LogP contribution is 2.26. The minimum absolute atomic E-state index is 0.236. The van der Waals surface area contributed by atoms with E-state index in [2.05, 4.69) is 4.98 Å². The average Bonchev–Trinajstić information content (AvgIpc) is 2.20. The molecular formula is C13H15FN2. The predicted octanol–water partition coefficient (Wildman–Crippen LogP) is 3.39. The van der Waals surface area contributed by atoms with E-state index in [-0.39, 0.29) is 11.7 Å². The van der Waals surface area contributed by atoms with Crippen molar-refractivity contribution in [2.24, 2.45) is 0 Å². The molecule has 0 fully saturated rings. The number of anilines is 1. The summed E-state index contributed by atoms with van der Waals surface area (Å²) in [5, 5.41) is 0.823. The molecule has 0 spiro atoms. The highest BCUT2D eigenvalue weighted by molar-refractivity contribution is 5.90. The number of hydrogen-bond acceptors (Lipinski definition) is 2. The van der Waals surface area contributed by atoms with Crippen LogP contribution >= 0.6 is 0 Å². The van der Waals surface area contributed by atoms with Gasteiger partial charge >= 0.3 is 0 Å². The van der Waals surface area contributed by atoms with Gasteiger partial charge in [0, 0.05) is 22.8 Å². The number of nitrogens with two attached hydrogens (primary N) is 1. The van der Waals surface area contributed by atoms with E-state index in [1.807, 2.05) is 19.9 Å². The molecule has 16 heavy (non-hydrogen) atoms. The van der Waals surface area contributed by atoms with E-state index in [1.54, 1.807) is 13.0 Å². The molecule has 0 bridgehead atoms. The molecule has 0 atom stereocenters. The first-order valence-corrected chi connectivity index (χ1v) is 5.35. The molecule has 84 valence electrons. The SMILES string of the molecule is Cc1cc2c(N)cc(C(C)C)nc2cc1F. The second-order valence-electron chi connectivity index (χ2n) is 4.41. The van der Waals surface area contributed by atoms with Crippen LogP contribution in [0.15, 0.2) is 18.2 Å². The summed E-state index contributed by atoms with van der Waals surface area (Å²) < 4.78 is 13.4. The summed E-state index contributed by atoms with van der Waals surface area (Å²) in [7, 11) is 0. The maximum atomic E-state index is 13.4. The van der Waals surface area contributed by atoms with Crippen molar-refractivity contribution in [1.82, 2.24) is 4.98 Å². The Bertz CT molecular complexity index is 547. The third-order valence-electron chi connectivity index (χ3n) is 2.73. The topological polar surface area (TPSA) is 38.9 Å². The zero-order valence-corrected chi connectivity index (χ0v) is 9.71. The van der Waals surface area contributed by atoms with E-state index < -0.39 is 0 Å². The van der Waals surface area contributed by atoms with Crippen molar-refractivity contribution >= 4 is 16.6 Å². The summed E-state index contributed by atoms with van der Waals surface area (Å²) in [4.78, 5) is 4.42. The van der Waals surface area contributed by atoms with Gasteiger partial charge in [0.15, 0.2) is 0 Å². The highest BCUT2D eigenvalue weighted by Gasteiger charge is 2.08. The summed E-state index contributed by atoms with van der Waals surface area (Å²) in [5.41, 5.74) is 8.74. The number of halogens is 1. The van der Waals surface area contributed by atoms with Gasteiger partial charge < -0.3 is 5.73 Å². The lowest BCUT2D eigenvalue weighted by Crippen LogP contribution is -1.98. The van der Waals surface area contributed by atoms with Crippen LogP contribution in [0.4, 0.5) is 10.1 Å². The first-order chi connectivity index (χ1) is 7.49. The molecule has 0 saturated carbocycles. The molecule has 0 radical (unpaired) electrons. The smallest absolute Gasteiger partial charge is 0.128 e. The Kier molecular flexibility index (Phi) is 2.54. The molecule has 2 nitrogen and oxygen atoms in total. The van der Waals surface area contributed by atoms with E-state index in [9.17, 15) is 4.39 Å². The first kappa shape index (κ1) is 10.9. The fraction of sp³-hybridized carbons (Fsp3) is 0.308. The minimum atomic E-state index is -0.236. The number of pyridine rings is 1. The second-order valence-corrected chi connectivity index (χ2v) is 4.41. The van der Waals surface area contributed by atoms with Gasteiger partial charge in [0.1, 0.15) is 5.82 Å². The fourth-order valence-electron chi connectivity index (χ4n) is 1.70. The summed E-state index contributed by atoms with van der Waals surface area (Å²) in [6.07, 6.45) is 0. The lowest BCUT2D eigenvalue weighted by atomic mass is 10.0. The van der Waals surface area contributed by atoms with Crippen LogP contribution in [0.25, 0.3) is 10.9 Å². The molecular weight excluding hydrogens is 203 g/mol. The van der Waals surface area contributed by atoms with Gasteiger partial charge in [-0.15, -0.1) is 0 Å². The first-order valence-electron chi connectivity index (χ1n) is 5.35. The lowest BCUT2D eigenvalue weighted by molar-refractivity contribution is 0.620. The van der Waals surface area contributed by atoms with Crippen molar-refractivity contribution in [3.8, 4) is 0 Å². The van der Waals surface area contributed by atoms with Gasteiger partial charge in [0.2, 0.25) is 0 Å². The number of rotatable bonds is 1. The molecule has 0 aliphatic heterocycles. The van der Waals surface area contributed by atoms with Gasteiger partial charge in [-0.3, -0.25) is 4.98 Å². The van der Waals surface area contributed by atoms with Crippen LogP contribution in [-0.4, -0.2) is 4.98 Å². The van der Waals surface area contributed by atoms with Crippen molar-refractivity contribution in [2.75, 3.05) is 5.73 Å². The Morgan fingerprint density at radius 2 is 1.94 bits per heavy atom. The zero-order valence-electron chi connectivity index (χ0n) is 9.71. The largest absolute Gasteiger partial charge is 0.398 e. The Morgan fingerprint density at radius 1 is 1.25 bits per heavy atom. The van der Waals surface area contributed by atoms with Crippen molar-refractivity contribution < 1.29 is 4.39 Å². The zero-order chi connectivity index (χ0) is 11.9. The van der Waals surface area contributed by atoms with E-state index in [4.69, 9.17) is 5.73 Å². The standard InChI is InChI=1S/C13H15FN2/c1-7(2)12-6-11(15)9-4-8(3)10(14)5-13(9)16-12/h4-7H,1-3H3,(H2,15,16). The maximum Gasteiger partial charge on any atom is 0.128 e. The number of aryl methyl sites for hydroxylation is 1. The maximum absolute atomic E-state index is 13.4. The van der Waals surface area contributed by atoms with E-state index in [0.29, 0.717) is 16.8 Å². The number of fused-ring (bicyclic) bond motifs is 1. The van der Waals surface area contributed by atoms with E-state index >= 15 is 0 Å². The van der Waals surface area contributed by atoms with Crippen molar-refractivity contribution in [2.45, 2.75) is 26.7 Å². The summed E-state index contributed by atoms with van der Waals surface area (Å²) in [6, 6.07) is 5.06. The van der Waals surface area contributed by atoms with Gasteiger partial charge in [-0.2, -0.15) is 0 Å². The summed E-state index contributed by atoms with van der Waals surface area (Å²) in [5.74, 6) is 0.0522. The van der Waals surface area contributed by atoms with Crippen molar-refractivity contribution in [3.63, 3.8) is 0 Å². The molecule has 2 aromatic rings. The Morgan fingerprint density at radius 3 is 2.56 bits per heavy atom.